The van der Waals surface area contributed by atoms with Gasteiger partial charge in [-0.1, -0.05) is 0 Å². The van der Waals surface area contributed by atoms with Crippen LogP contribution in [0.3, 0.4) is 0 Å². The molecule has 124 valence electrons. The van der Waals surface area contributed by atoms with Gasteiger partial charge in [-0.05, 0) is 27.7 Å². The Morgan fingerprint density at radius 3 is 2.10 bits per heavy atom. The highest BCUT2D eigenvalue weighted by Crippen LogP contribution is 2.18. The summed E-state index contributed by atoms with van der Waals surface area (Å²) in [6.07, 6.45) is -5.14. The summed E-state index contributed by atoms with van der Waals surface area (Å²) < 4.78 is 36.3. The maximum atomic E-state index is 12.1. The fraction of sp³-hybridized carbons (Fsp3) is 0.846. The van der Waals surface area contributed by atoms with E-state index in [1.54, 1.807) is 13.8 Å². The van der Waals surface area contributed by atoms with Crippen LogP contribution in [0.2, 0.25) is 0 Å². The quantitative estimate of drug-likeness (QED) is 0.495. The summed E-state index contributed by atoms with van der Waals surface area (Å²) in [4.78, 5) is 16.0. The molecule has 0 aromatic rings. The molecule has 0 saturated heterocycles. The van der Waals surface area contributed by atoms with Crippen molar-refractivity contribution in [1.82, 2.24) is 16.0 Å². The van der Waals surface area contributed by atoms with E-state index < -0.39 is 18.0 Å². The Morgan fingerprint density at radius 1 is 1.05 bits per heavy atom. The third-order valence-electron chi connectivity index (χ3n) is 2.63. The minimum Gasteiger partial charge on any atom is -0.357 e. The normalized spacial score (nSPS) is 13.0. The molecular weight excluding hydrogens is 285 g/mol. The van der Waals surface area contributed by atoms with Gasteiger partial charge in [-0.3, -0.25) is 9.79 Å². The summed E-state index contributed by atoms with van der Waals surface area (Å²) in [7, 11) is 0. The summed E-state index contributed by atoms with van der Waals surface area (Å²) in [5, 5.41) is 8.17. The summed E-state index contributed by atoms with van der Waals surface area (Å²) in [6, 6.07) is 0. The Morgan fingerprint density at radius 2 is 1.62 bits per heavy atom. The van der Waals surface area contributed by atoms with E-state index in [-0.39, 0.29) is 25.0 Å². The molecule has 0 bridgehead atoms. The van der Waals surface area contributed by atoms with Crippen LogP contribution in [-0.4, -0.2) is 44.2 Å². The zero-order chi connectivity index (χ0) is 16.5. The number of nitrogens with zero attached hydrogens (tertiary/aromatic N) is 1. The lowest BCUT2D eigenvalue weighted by molar-refractivity contribution is -0.132. The maximum absolute atomic E-state index is 12.1. The summed E-state index contributed by atoms with van der Waals surface area (Å²) in [5.41, 5.74) is -0.720. The van der Waals surface area contributed by atoms with Crippen LogP contribution < -0.4 is 16.0 Å². The first-order valence-corrected chi connectivity index (χ1v) is 6.99. The molecule has 0 aliphatic heterocycles. The van der Waals surface area contributed by atoms with E-state index in [4.69, 9.17) is 0 Å². The number of carbonyl (C=O) groups excluding carboxylic acids is 1. The fourth-order valence-corrected chi connectivity index (χ4v) is 1.41. The average Bonchev–Trinajstić information content (AvgIpc) is 2.35. The highest BCUT2D eigenvalue weighted by molar-refractivity contribution is 5.83. The van der Waals surface area contributed by atoms with Gasteiger partial charge < -0.3 is 16.0 Å². The van der Waals surface area contributed by atoms with Crippen molar-refractivity contribution in [2.75, 3.05) is 26.2 Å². The lowest BCUT2D eigenvalue weighted by atomic mass is 9.92. The molecule has 21 heavy (non-hydrogen) atoms. The van der Waals surface area contributed by atoms with Crippen LogP contribution in [-0.2, 0) is 4.79 Å². The second kappa shape index (κ2) is 8.74. The lowest BCUT2D eigenvalue weighted by Crippen LogP contribution is -2.42. The Bertz CT molecular complexity index is 354. The molecule has 0 spiro atoms. The van der Waals surface area contributed by atoms with Crippen LogP contribution in [0.15, 0.2) is 4.99 Å². The molecular formula is C13H25F3N4O. The van der Waals surface area contributed by atoms with E-state index in [2.05, 4.69) is 20.9 Å². The minimum absolute atomic E-state index is 0.139. The largest absolute Gasteiger partial charge is 0.390 e. The molecule has 0 rings (SSSR count). The van der Waals surface area contributed by atoms with Crippen LogP contribution in [0.25, 0.3) is 0 Å². The minimum atomic E-state index is -4.20. The topological polar surface area (TPSA) is 65.5 Å². The van der Waals surface area contributed by atoms with Crippen molar-refractivity contribution in [1.29, 1.82) is 0 Å². The number of nitrogens with one attached hydrogen (secondary N) is 3. The average molecular weight is 310 g/mol. The van der Waals surface area contributed by atoms with Crippen molar-refractivity contribution in [3.63, 3.8) is 0 Å². The van der Waals surface area contributed by atoms with Gasteiger partial charge in [0.2, 0.25) is 5.91 Å². The van der Waals surface area contributed by atoms with Gasteiger partial charge in [-0.15, -0.1) is 0 Å². The van der Waals surface area contributed by atoms with E-state index in [9.17, 15) is 18.0 Å². The first-order valence-electron chi connectivity index (χ1n) is 6.99. The van der Waals surface area contributed by atoms with Crippen molar-refractivity contribution in [2.45, 2.75) is 40.3 Å². The molecule has 0 saturated carbocycles. The molecule has 0 aromatic carbocycles. The smallest absolute Gasteiger partial charge is 0.357 e. The van der Waals surface area contributed by atoms with Gasteiger partial charge in [0.25, 0.3) is 0 Å². The molecule has 0 aromatic heterocycles. The van der Waals surface area contributed by atoms with E-state index in [1.807, 2.05) is 13.8 Å². The predicted octanol–water partition coefficient (Wildman–Crippen LogP) is 1.66. The first kappa shape index (κ1) is 19.5. The molecule has 0 unspecified atom stereocenters. The Kier molecular flexibility index (Phi) is 8.12. The SMILES string of the molecule is CCNC(=O)C(C)(C)CN=C(NCC)NCCC(F)(F)F. The van der Waals surface area contributed by atoms with E-state index in [0.29, 0.717) is 13.1 Å². The third kappa shape index (κ3) is 9.14. The fourth-order valence-electron chi connectivity index (χ4n) is 1.41. The lowest BCUT2D eigenvalue weighted by Gasteiger charge is -2.22. The van der Waals surface area contributed by atoms with E-state index in [0.717, 1.165) is 0 Å². The van der Waals surface area contributed by atoms with E-state index in [1.165, 1.54) is 0 Å². The summed E-state index contributed by atoms with van der Waals surface area (Å²) in [6.45, 7) is 8.09. The van der Waals surface area contributed by atoms with Crippen molar-refractivity contribution in [2.24, 2.45) is 10.4 Å². The Hall–Kier alpha value is -1.47. The van der Waals surface area contributed by atoms with Gasteiger partial charge in [0.15, 0.2) is 5.96 Å². The number of halogens is 3. The number of carbonyl (C=O) groups is 1. The third-order valence-corrected chi connectivity index (χ3v) is 2.63. The molecule has 0 radical (unpaired) electrons. The van der Waals surface area contributed by atoms with Gasteiger partial charge in [0.1, 0.15) is 0 Å². The number of hydrogen-bond donors (Lipinski definition) is 3. The van der Waals surface area contributed by atoms with Crippen LogP contribution in [0, 0.1) is 5.41 Å². The second-order valence-electron chi connectivity index (χ2n) is 5.23. The van der Waals surface area contributed by atoms with Crippen LogP contribution in [0.1, 0.15) is 34.1 Å². The molecule has 3 N–H and O–H groups in total. The molecule has 0 atom stereocenters. The number of hydrogen-bond acceptors (Lipinski definition) is 2. The molecule has 0 aliphatic rings. The van der Waals surface area contributed by atoms with Gasteiger partial charge >= 0.3 is 6.18 Å². The van der Waals surface area contributed by atoms with Gasteiger partial charge in [0, 0.05) is 19.6 Å². The summed E-state index contributed by atoms with van der Waals surface area (Å²) in [5.74, 6) is 0.138. The Balaban J connectivity index is 4.54. The van der Waals surface area contributed by atoms with E-state index >= 15 is 0 Å². The molecule has 5 nitrogen and oxygen atoms in total. The standard InChI is InChI=1S/C13H25F3N4O/c1-5-17-10(21)12(3,4)9-20-11(18-6-2)19-8-7-13(14,15)16/h5-9H2,1-4H3,(H,17,21)(H2,18,19,20). The van der Waals surface area contributed by atoms with Gasteiger partial charge in [0.05, 0.1) is 18.4 Å². The maximum Gasteiger partial charge on any atom is 0.390 e. The number of alkyl halides is 3. The number of rotatable bonds is 7. The van der Waals surface area contributed by atoms with Crippen molar-refractivity contribution in [3.8, 4) is 0 Å². The zero-order valence-corrected chi connectivity index (χ0v) is 13.0. The zero-order valence-electron chi connectivity index (χ0n) is 13.0. The van der Waals surface area contributed by atoms with Crippen molar-refractivity contribution in [3.05, 3.63) is 0 Å². The van der Waals surface area contributed by atoms with Crippen molar-refractivity contribution >= 4 is 11.9 Å². The predicted molar refractivity (Wildman–Crippen MR) is 77.1 cm³/mol. The van der Waals surface area contributed by atoms with Crippen molar-refractivity contribution < 1.29 is 18.0 Å². The van der Waals surface area contributed by atoms with Crippen LogP contribution in [0.5, 0.6) is 0 Å². The van der Waals surface area contributed by atoms with Crippen LogP contribution in [0.4, 0.5) is 13.2 Å². The monoisotopic (exact) mass is 310 g/mol. The highest BCUT2D eigenvalue weighted by atomic mass is 19.4. The molecule has 8 heteroatoms. The molecule has 0 fully saturated rings. The van der Waals surface area contributed by atoms with Gasteiger partial charge in [-0.25, -0.2) is 0 Å². The number of aliphatic imine (C=N–C) groups is 1. The number of amides is 1. The Labute approximate surface area is 123 Å². The number of guanidine groups is 1. The van der Waals surface area contributed by atoms with Gasteiger partial charge in [-0.2, -0.15) is 13.2 Å². The molecule has 0 heterocycles. The second-order valence-corrected chi connectivity index (χ2v) is 5.23. The molecule has 1 amide bonds. The summed E-state index contributed by atoms with van der Waals surface area (Å²) >= 11 is 0. The highest BCUT2D eigenvalue weighted by Gasteiger charge is 2.28. The van der Waals surface area contributed by atoms with Crippen LogP contribution >= 0.6 is 0 Å². The first-order chi connectivity index (χ1) is 9.62. The molecule has 0 aliphatic carbocycles.